The van der Waals surface area contributed by atoms with E-state index in [1.54, 1.807) is 6.07 Å². The predicted molar refractivity (Wildman–Crippen MR) is 85.0 cm³/mol. The highest BCUT2D eigenvalue weighted by atomic mass is 32.2. The van der Waals surface area contributed by atoms with Gasteiger partial charge in [-0.25, -0.2) is 13.1 Å². The Morgan fingerprint density at radius 1 is 1.33 bits per heavy atom. The Morgan fingerprint density at radius 3 is 2.48 bits per heavy atom. The number of ether oxygens (including phenoxy) is 1. The summed E-state index contributed by atoms with van der Waals surface area (Å²) in [4.78, 5) is 2.26. The van der Waals surface area contributed by atoms with E-state index < -0.39 is 10.0 Å². The standard InChI is InChI=1S/C14H25N3O3S/c1-5-17(6-2)10-11(3)16-21(18,19)14-8-7-12(15)9-13(14)20-4/h7-9,11,16H,5-6,10,15H2,1-4H3. The summed E-state index contributed by atoms with van der Waals surface area (Å²) in [6, 6.07) is 4.31. The summed E-state index contributed by atoms with van der Waals surface area (Å²) in [6.07, 6.45) is 0. The Labute approximate surface area is 127 Å². The number of nitrogen functional groups attached to an aromatic ring is 1. The van der Waals surface area contributed by atoms with Crippen molar-refractivity contribution in [2.24, 2.45) is 0 Å². The largest absolute Gasteiger partial charge is 0.495 e. The fourth-order valence-corrected chi connectivity index (χ4v) is 3.53. The van der Waals surface area contributed by atoms with Gasteiger partial charge in [0.2, 0.25) is 10.0 Å². The van der Waals surface area contributed by atoms with Crippen molar-refractivity contribution in [1.82, 2.24) is 9.62 Å². The first-order valence-electron chi connectivity index (χ1n) is 7.02. The summed E-state index contributed by atoms with van der Waals surface area (Å²) in [6.45, 7) is 8.37. The van der Waals surface area contributed by atoms with Crippen LogP contribution in [-0.2, 0) is 10.0 Å². The van der Waals surface area contributed by atoms with Gasteiger partial charge in [-0.15, -0.1) is 0 Å². The van der Waals surface area contributed by atoms with Crippen LogP contribution in [0.1, 0.15) is 20.8 Å². The minimum atomic E-state index is -3.64. The van der Waals surface area contributed by atoms with Crippen molar-refractivity contribution in [3.63, 3.8) is 0 Å². The SMILES string of the molecule is CCN(CC)CC(C)NS(=O)(=O)c1ccc(N)cc1OC. The minimum Gasteiger partial charge on any atom is -0.495 e. The van der Waals surface area contributed by atoms with Crippen LogP contribution in [0.25, 0.3) is 0 Å². The number of nitrogens with zero attached hydrogens (tertiary/aromatic N) is 1. The highest BCUT2D eigenvalue weighted by Crippen LogP contribution is 2.26. The molecule has 0 amide bonds. The van der Waals surface area contributed by atoms with Crippen LogP contribution in [0.4, 0.5) is 5.69 Å². The van der Waals surface area contributed by atoms with E-state index >= 15 is 0 Å². The average molecular weight is 315 g/mol. The third kappa shape index (κ3) is 4.87. The van der Waals surface area contributed by atoms with E-state index in [1.165, 1.54) is 19.2 Å². The van der Waals surface area contributed by atoms with Crippen LogP contribution in [0.2, 0.25) is 0 Å². The molecule has 0 aliphatic carbocycles. The van der Waals surface area contributed by atoms with E-state index in [0.29, 0.717) is 12.2 Å². The zero-order valence-corrected chi connectivity index (χ0v) is 13.9. The molecule has 0 aromatic heterocycles. The number of likely N-dealkylation sites (N-methyl/N-ethyl adjacent to an activating group) is 1. The van der Waals surface area contributed by atoms with E-state index in [2.05, 4.69) is 9.62 Å². The molecule has 0 saturated heterocycles. The van der Waals surface area contributed by atoms with Gasteiger partial charge < -0.3 is 15.4 Å². The zero-order valence-electron chi connectivity index (χ0n) is 13.1. The number of nitrogens with one attached hydrogen (secondary N) is 1. The van der Waals surface area contributed by atoms with Crippen molar-refractivity contribution in [2.45, 2.75) is 31.7 Å². The quantitative estimate of drug-likeness (QED) is 0.706. The highest BCUT2D eigenvalue weighted by Gasteiger charge is 2.22. The number of methoxy groups -OCH3 is 1. The van der Waals surface area contributed by atoms with Gasteiger partial charge in [-0.3, -0.25) is 0 Å². The van der Waals surface area contributed by atoms with E-state index in [0.717, 1.165) is 13.1 Å². The molecule has 0 heterocycles. The summed E-state index contributed by atoms with van der Waals surface area (Å²) in [5.74, 6) is 0.248. The smallest absolute Gasteiger partial charge is 0.244 e. The normalized spacial score (nSPS) is 13.4. The number of hydrogen-bond acceptors (Lipinski definition) is 5. The molecule has 3 N–H and O–H groups in total. The Hall–Kier alpha value is -1.31. The van der Waals surface area contributed by atoms with Crippen molar-refractivity contribution in [3.8, 4) is 5.75 Å². The van der Waals surface area contributed by atoms with Gasteiger partial charge in [-0.2, -0.15) is 0 Å². The van der Waals surface area contributed by atoms with Crippen molar-refractivity contribution in [1.29, 1.82) is 0 Å². The lowest BCUT2D eigenvalue weighted by Crippen LogP contribution is -2.41. The molecule has 6 nitrogen and oxygen atoms in total. The van der Waals surface area contributed by atoms with Gasteiger partial charge in [-0.1, -0.05) is 13.8 Å². The summed E-state index contributed by atoms with van der Waals surface area (Å²) in [7, 11) is -2.21. The van der Waals surface area contributed by atoms with Crippen molar-refractivity contribution in [3.05, 3.63) is 18.2 Å². The minimum absolute atomic E-state index is 0.102. The van der Waals surface area contributed by atoms with E-state index in [-0.39, 0.29) is 16.7 Å². The number of benzene rings is 1. The lowest BCUT2D eigenvalue weighted by molar-refractivity contribution is 0.282. The van der Waals surface area contributed by atoms with Crippen LogP contribution in [0, 0.1) is 0 Å². The second-order valence-corrected chi connectivity index (χ2v) is 6.60. The van der Waals surface area contributed by atoms with E-state index in [1.807, 2.05) is 20.8 Å². The fourth-order valence-electron chi connectivity index (χ4n) is 2.14. The van der Waals surface area contributed by atoms with Gasteiger partial charge in [-0.05, 0) is 32.1 Å². The molecule has 1 atom stereocenters. The van der Waals surface area contributed by atoms with Crippen LogP contribution < -0.4 is 15.2 Å². The number of anilines is 1. The third-order valence-corrected chi connectivity index (χ3v) is 4.89. The van der Waals surface area contributed by atoms with Gasteiger partial charge in [0.05, 0.1) is 7.11 Å². The van der Waals surface area contributed by atoms with Gasteiger partial charge in [0.15, 0.2) is 0 Å². The van der Waals surface area contributed by atoms with Gasteiger partial charge in [0, 0.05) is 24.3 Å². The van der Waals surface area contributed by atoms with Gasteiger partial charge in [0.1, 0.15) is 10.6 Å². The molecule has 1 aromatic carbocycles. The molecule has 21 heavy (non-hydrogen) atoms. The Morgan fingerprint density at radius 2 is 1.95 bits per heavy atom. The molecule has 0 aliphatic heterocycles. The summed E-state index contributed by atoms with van der Waals surface area (Å²) in [5.41, 5.74) is 6.11. The van der Waals surface area contributed by atoms with Crippen LogP contribution in [0.3, 0.4) is 0 Å². The summed E-state index contributed by atoms with van der Waals surface area (Å²) >= 11 is 0. The molecule has 0 aliphatic rings. The molecule has 7 heteroatoms. The molecule has 0 bridgehead atoms. The first-order valence-corrected chi connectivity index (χ1v) is 8.50. The topological polar surface area (TPSA) is 84.7 Å². The molecule has 1 unspecified atom stereocenters. The summed E-state index contributed by atoms with van der Waals surface area (Å²) < 4.78 is 32.7. The Bertz CT molecular complexity index is 557. The lowest BCUT2D eigenvalue weighted by atomic mass is 10.3. The maximum Gasteiger partial charge on any atom is 0.244 e. The Kier molecular flexibility index (Phi) is 6.44. The first kappa shape index (κ1) is 17.7. The average Bonchev–Trinajstić information content (AvgIpc) is 2.43. The first-order chi connectivity index (χ1) is 9.83. The highest BCUT2D eigenvalue weighted by molar-refractivity contribution is 7.89. The summed E-state index contributed by atoms with van der Waals surface area (Å²) in [5, 5.41) is 0. The lowest BCUT2D eigenvalue weighted by Gasteiger charge is -2.23. The molecule has 0 saturated carbocycles. The van der Waals surface area contributed by atoms with Crippen LogP contribution in [0.15, 0.2) is 23.1 Å². The molecule has 120 valence electrons. The van der Waals surface area contributed by atoms with Crippen LogP contribution >= 0.6 is 0 Å². The number of rotatable bonds is 8. The van der Waals surface area contributed by atoms with Gasteiger partial charge in [0.25, 0.3) is 0 Å². The van der Waals surface area contributed by atoms with Crippen LogP contribution in [0.5, 0.6) is 5.75 Å². The molecular weight excluding hydrogens is 290 g/mol. The van der Waals surface area contributed by atoms with E-state index in [9.17, 15) is 8.42 Å². The predicted octanol–water partition coefficient (Wildman–Crippen LogP) is 1.29. The zero-order chi connectivity index (χ0) is 16.0. The number of sulfonamides is 1. The molecule has 0 radical (unpaired) electrons. The van der Waals surface area contributed by atoms with Crippen molar-refractivity contribution < 1.29 is 13.2 Å². The maximum absolute atomic E-state index is 12.4. The number of nitrogens with two attached hydrogens (primary N) is 1. The van der Waals surface area contributed by atoms with Crippen molar-refractivity contribution in [2.75, 3.05) is 32.5 Å². The molecule has 0 spiro atoms. The van der Waals surface area contributed by atoms with Crippen LogP contribution in [-0.4, -0.2) is 46.1 Å². The molecule has 1 rings (SSSR count). The molecule has 1 aromatic rings. The fraction of sp³-hybridized carbons (Fsp3) is 0.571. The maximum atomic E-state index is 12.4. The molecule has 0 fully saturated rings. The Balaban J connectivity index is 2.91. The molecular formula is C14H25N3O3S. The van der Waals surface area contributed by atoms with Crippen molar-refractivity contribution >= 4 is 15.7 Å². The second kappa shape index (κ2) is 7.63. The number of hydrogen-bond donors (Lipinski definition) is 2. The second-order valence-electron chi connectivity index (χ2n) is 4.92. The monoisotopic (exact) mass is 315 g/mol. The third-order valence-electron chi connectivity index (χ3n) is 3.26. The van der Waals surface area contributed by atoms with E-state index in [4.69, 9.17) is 10.5 Å². The van der Waals surface area contributed by atoms with Gasteiger partial charge >= 0.3 is 0 Å².